The number of carbonyl (C=O) groups is 2. The van der Waals surface area contributed by atoms with Crippen LogP contribution < -0.4 is 4.74 Å². The maximum atomic E-state index is 13.8. The van der Waals surface area contributed by atoms with Gasteiger partial charge >= 0.3 is 0 Å². The quantitative estimate of drug-likeness (QED) is 0.508. The molecule has 0 atom stereocenters. The van der Waals surface area contributed by atoms with Crippen molar-refractivity contribution in [3.63, 3.8) is 0 Å². The molecule has 0 bridgehead atoms. The van der Waals surface area contributed by atoms with Crippen LogP contribution in [-0.4, -0.2) is 48.9 Å². The van der Waals surface area contributed by atoms with Crippen LogP contribution in [0.25, 0.3) is 0 Å². The van der Waals surface area contributed by atoms with Gasteiger partial charge in [-0.15, -0.1) is 6.58 Å². The Balaban J connectivity index is 2.03. The molecule has 1 aromatic rings. The van der Waals surface area contributed by atoms with E-state index in [4.69, 9.17) is 9.47 Å². The van der Waals surface area contributed by atoms with Gasteiger partial charge in [0.15, 0.2) is 23.1 Å². The monoisotopic (exact) mass is 493 g/mol. The van der Waals surface area contributed by atoms with Gasteiger partial charge in [0.25, 0.3) is 0 Å². The number of Topliss-reactive ketones (excluding diaryl/α,β-unsaturated/α-hetero) is 2. The van der Waals surface area contributed by atoms with Gasteiger partial charge in [-0.1, -0.05) is 39.8 Å². The fourth-order valence-corrected chi connectivity index (χ4v) is 6.16. The van der Waals surface area contributed by atoms with Gasteiger partial charge in [0.05, 0.1) is 13.7 Å². The standard InChI is InChI=1S/C30H39NO5/c1-8-9-18-12-19(13-24(36-7)28(18)34)25-26-20(14-29(2,3)16-22(26)32)31(10-11-35-6)21-15-30(4,5)17-23(33)27(21)25/h8,12-13,25,34H,1,9-11,14-17H2,2-7H3. The zero-order valence-corrected chi connectivity index (χ0v) is 22.5. The Kier molecular flexibility index (Phi) is 6.95. The maximum absolute atomic E-state index is 13.8. The summed E-state index contributed by atoms with van der Waals surface area (Å²) in [4.78, 5) is 29.9. The summed E-state index contributed by atoms with van der Waals surface area (Å²) in [7, 11) is 3.19. The predicted octanol–water partition coefficient (Wildman–Crippen LogP) is 5.46. The minimum atomic E-state index is -0.487. The Morgan fingerprint density at radius 1 is 1.00 bits per heavy atom. The van der Waals surface area contributed by atoms with E-state index in [1.165, 1.54) is 7.11 Å². The first-order chi connectivity index (χ1) is 16.9. The van der Waals surface area contributed by atoms with Crippen LogP contribution >= 0.6 is 0 Å². The Hall–Kier alpha value is -2.86. The van der Waals surface area contributed by atoms with E-state index in [0.29, 0.717) is 54.9 Å². The average Bonchev–Trinajstić information content (AvgIpc) is 2.77. The van der Waals surface area contributed by atoms with Crippen molar-refractivity contribution in [3.8, 4) is 11.5 Å². The van der Waals surface area contributed by atoms with Crippen LogP contribution in [0.15, 0.2) is 47.3 Å². The molecule has 194 valence electrons. The molecule has 1 N–H and O–H groups in total. The van der Waals surface area contributed by atoms with Crippen LogP contribution in [0, 0.1) is 10.8 Å². The molecule has 0 spiro atoms. The third-order valence-corrected chi connectivity index (χ3v) is 7.63. The van der Waals surface area contributed by atoms with Gasteiger partial charge < -0.3 is 19.5 Å². The van der Waals surface area contributed by atoms with Crippen LogP contribution in [0.5, 0.6) is 11.5 Å². The van der Waals surface area contributed by atoms with Crippen molar-refractivity contribution in [2.24, 2.45) is 10.8 Å². The number of methoxy groups -OCH3 is 2. The summed E-state index contributed by atoms with van der Waals surface area (Å²) < 4.78 is 11.0. The van der Waals surface area contributed by atoms with Gasteiger partial charge in [0, 0.05) is 60.5 Å². The molecule has 4 rings (SSSR count). The van der Waals surface area contributed by atoms with Crippen molar-refractivity contribution in [1.82, 2.24) is 4.90 Å². The molecule has 0 aromatic heterocycles. The summed E-state index contributed by atoms with van der Waals surface area (Å²) in [6, 6.07) is 3.69. The van der Waals surface area contributed by atoms with Crippen LogP contribution in [0.2, 0.25) is 0 Å². The van der Waals surface area contributed by atoms with E-state index in [1.807, 2.05) is 6.07 Å². The smallest absolute Gasteiger partial charge is 0.162 e. The number of aromatic hydroxyl groups is 1. The third kappa shape index (κ3) is 4.63. The summed E-state index contributed by atoms with van der Waals surface area (Å²) in [5.41, 5.74) is 4.51. The number of nitrogens with zero attached hydrogens (tertiary/aromatic N) is 1. The van der Waals surface area contributed by atoms with Crippen molar-refractivity contribution in [1.29, 1.82) is 0 Å². The van der Waals surface area contributed by atoms with Gasteiger partial charge in [-0.25, -0.2) is 0 Å². The lowest BCUT2D eigenvalue weighted by Gasteiger charge is -2.49. The molecule has 0 saturated heterocycles. The second kappa shape index (κ2) is 9.55. The minimum absolute atomic E-state index is 0.0642. The highest BCUT2D eigenvalue weighted by Crippen LogP contribution is 2.55. The molecule has 0 saturated carbocycles. The number of carbonyl (C=O) groups excluding carboxylic acids is 2. The van der Waals surface area contributed by atoms with E-state index in [1.54, 1.807) is 19.3 Å². The molecular formula is C30H39NO5. The van der Waals surface area contributed by atoms with Crippen LogP contribution in [0.1, 0.15) is 70.4 Å². The van der Waals surface area contributed by atoms with Crippen LogP contribution in [0.4, 0.5) is 0 Å². The number of rotatable bonds is 7. The normalized spacial score (nSPS) is 21.4. The number of phenolic OH excluding ortho intramolecular Hbond substituents is 1. The predicted molar refractivity (Wildman–Crippen MR) is 140 cm³/mol. The molecule has 0 fully saturated rings. The molecule has 0 unspecified atom stereocenters. The molecule has 0 radical (unpaired) electrons. The van der Waals surface area contributed by atoms with Crippen molar-refractivity contribution in [3.05, 3.63) is 58.5 Å². The number of ether oxygens (including phenoxy) is 2. The molecular weight excluding hydrogens is 454 g/mol. The molecule has 3 aliphatic rings. The fraction of sp³-hybridized carbons (Fsp3) is 0.533. The number of hydrogen-bond acceptors (Lipinski definition) is 6. The zero-order valence-electron chi connectivity index (χ0n) is 22.5. The Bertz CT molecular complexity index is 1120. The van der Waals surface area contributed by atoms with E-state index in [2.05, 4.69) is 39.2 Å². The lowest BCUT2D eigenvalue weighted by atomic mass is 9.63. The summed E-state index contributed by atoms with van der Waals surface area (Å²) in [5, 5.41) is 10.7. The number of allylic oxidation sites excluding steroid dienone is 5. The van der Waals surface area contributed by atoms with Crippen molar-refractivity contribution >= 4 is 11.6 Å². The molecule has 1 aromatic carbocycles. The largest absolute Gasteiger partial charge is 0.504 e. The number of hydrogen-bond donors (Lipinski definition) is 1. The summed E-state index contributed by atoms with van der Waals surface area (Å²) in [6.45, 7) is 13.4. The molecule has 6 nitrogen and oxygen atoms in total. The Morgan fingerprint density at radius 3 is 2.03 bits per heavy atom. The maximum Gasteiger partial charge on any atom is 0.162 e. The van der Waals surface area contributed by atoms with Gasteiger partial charge in [0.1, 0.15) is 0 Å². The van der Waals surface area contributed by atoms with Crippen LogP contribution in [-0.2, 0) is 20.7 Å². The number of ketones is 2. The number of phenols is 1. The van der Waals surface area contributed by atoms with Crippen molar-refractivity contribution < 1.29 is 24.2 Å². The van der Waals surface area contributed by atoms with E-state index in [-0.39, 0.29) is 28.1 Å². The molecule has 2 aliphatic carbocycles. The Labute approximate surface area is 214 Å². The van der Waals surface area contributed by atoms with Gasteiger partial charge in [-0.2, -0.15) is 0 Å². The third-order valence-electron chi connectivity index (χ3n) is 7.63. The van der Waals surface area contributed by atoms with Gasteiger partial charge in [-0.05, 0) is 41.7 Å². The number of benzene rings is 1. The van der Waals surface area contributed by atoms with Crippen molar-refractivity contribution in [2.75, 3.05) is 27.4 Å². The topological polar surface area (TPSA) is 76.1 Å². The highest BCUT2D eigenvalue weighted by atomic mass is 16.5. The first-order valence-electron chi connectivity index (χ1n) is 12.7. The molecule has 1 heterocycles. The van der Waals surface area contributed by atoms with Gasteiger partial charge in [-0.3, -0.25) is 9.59 Å². The summed E-state index contributed by atoms with van der Waals surface area (Å²) in [6.07, 6.45) is 4.52. The highest BCUT2D eigenvalue weighted by Gasteiger charge is 2.49. The van der Waals surface area contributed by atoms with E-state index >= 15 is 0 Å². The van der Waals surface area contributed by atoms with Gasteiger partial charge in [0.2, 0.25) is 0 Å². The zero-order chi connectivity index (χ0) is 26.4. The van der Waals surface area contributed by atoms with Crippen LogP contribution in [0.3, 0.4) is 0 Å². The summed E-state index contributed by atoms with van der Waals surface area (Å²) in [5.74, 6) is 0.0707. The van der Waals surface area contributed by atoms with E-state index < -0.39 is 5.92 Å². The molecule has 1 aliphatic heterocycles. The highest BCUT2D eigenvalue weighted by molar-refractivity contribution is 6.06. The second-order valence-electron chi connectivity index (χ2n) is 11.9. The molecule has 6 heteroatoms. The SMILES string of the molecule is C=CCc1cc(C2C3=C(CC(C)(C)CC3=O)N(CCOC)C3=C2C(=O)CC(C)(C)C3)cc(OC)c1O. The van der Waals surface area contributed by atoms with E-state index in [9.17, 15) is 14.7 Å². The average molecular weight is 494 g/mol. The van der Waals surface area contributed by atoms with E-state index in [0.717, 1.165) is 29.8 Å². The Morgan fingerprint density at radius 2 is 1.56 bits per heavy atom. The first kappa shape index (κ1) is 26.2. The molecule has 0 amide bonds. The minimum Gasteiger partial charge on any atom is -0.504 e. The lowest BCUT2D eigenvalue weighted by Crippen LogP contribution is -2.45. The lowest BCUT2D eigenvalue weighted by molar-refractivity contribution is -0.119. The summed E-state index contributed by atoms with van der Waals surface area (Å²) >= 11 is 0. The van der Waals surface area contributed by atoms with Crippen molar-refractivity contribution in [2.45, 2.75) is 65.7 Å². The molecule has 36 heavy (non-hydrogen) atoms. The first-order valence-corrected chi connectivity index (χ1v) is 12.7. The second-order valence-corrected chi connectivity index (χ2v) is 11.9. The fourth-order valence-electron chi connectivity index (χ4n) is 6.16.